The number of halogens is 1. The summed E-state index contributed by atoms with van der Waals surface area (Å²) in [5.74, 6) is 3.30. The van der Waals surface area contributed by atoms with Crippen molar-refractivity contribution in [3.05, 3.63) is 35.9 Å². The number of aliphatic imine (C=N–C) groups is 1. The highest BCUT2D eigenvalue weighted by Gasteiger charge is 2.32. The van der Waals surface area contributed by atoms with Gasteiger partial charge in [0.2, 0.25) is 0 Å². The molecule has 2 N–H and O–H groups in total. The van der Waals surface area contributed by atoms with Crippen LogP contribution in [-0.2, 0) is 11.3 Å². The third-order valence-corrected chi connectivity index (χ3v) is 6.23. The zero-order valence-electron chi connectivity index (χ0n) is 16.1. The highest BCUT2D eigenvalue weighted by molar-refractivity contribution is 14.0. The third-order valence-electron chi connectivity index (χ3n) is 4.99. The molecule has 3 rings (SSSR count). The van der Waals surface area contributed by atoms with Crippen LogP contribution in [-0.4, -0.2) is 65.9 Å². The van der Waals surface area contributed by atoms with Crippen LogP contribution in [0.15, 0.2) is 35.3 Å². The smallest absolute Gasteiger partial charge is 0.194 e. The number of likely N-dealkylation sites (tertiary alicyclic amines) is 1. The molecule has 2 atom stereocenters. The Labute approximate surface area is 184 Å². The van der Waals surface area contributed by atoms with E-state index in [-0.39, 0.29) is 24.0 Å². The standard InChI is InChI=1S/C20H31N3O2S.HI/c1-2-21-19(22-15-20(24)9-11-26-16-20)23-10-8-18(12-23)14-25-13-17-6-4-3-5-7-17;/h3-7,18,24H,2,8-16H2,1H3,(H,21,22);1H. The molecule has 0 aliphatic carbocycles. The molecule has 2 fully saturated rings. The van der Waals surface area contributed by atoms with Gasteiger partial charge in [-0.15, -0.1) is 24.0 Å². The molecular formula is C20H32IN3O2S. The first-order valence-electron chi connectivity index (χ1n) is 9.63. The van der Waals surface area contributed by atoms with Gasteiger partial charge in [-0.3, -0.25) is 4.99 Å². The second-order valence-electron chi connectivity index (χ2n) is 7.30. The summed E-state index contributed by atoms with van der Waals surface area (Å²) in [6.45, 7) is 6.85. The zero-order valence-corrected chi connectivity index (χ0v) is 19.2. The van der Waals surface area contributed by atoms with Crippen LogP contribution in [0.3, 0.4) is 0 Å². The van der Waals surface area contributed by atoms with Gasteiger partial charge in [0.25, 0.3) is 0 Å². The van der Waals surface area contributed by atoms with Gasteiger partial charge in [-0.2, -0.15) is 11.8 Å². The van der Waals surface area contributed by atoms with E-state index in [1.54, 1.807) is 0 Å². The Kier molecular flexibility index (Phi) is 9.69. The molecule has 2 heterocycles. The highest BCUT2D eigenvalue weighted by Crippen LogP contribution is 2.28. The minimum Gasteiger partial charge on any atom is -0.387 e. The van der Waals surface area contributed by atoms with E-state index < -0.39 is 5.60 Å². The van der Waals surface area contributed by atoms with Gasteiger partial charge in [0.1, 0.15) is 0 Å². The van der Waals surface area contributed by atoms with Crippen LogP contribution in [0.1, 0.15) is 25.3 Å². The first-order chi connectivity index (χ1) is 12.7. The predicted octanol–water partition coefficient (Wildman–Crippen LogP) is 2.98. The summed E-state index contributed by atoms with van der Waals surface area (Å²) in [7, 11) is 0. The number of ether oxygens (including phenoxy) is 1. The largest absolute Gasteiger partial charge is 0.387 e. The molecule has 1 aromatic rings. The molecule has 2 aliphatic heterocycles. The van der Waals surface area contributed by atoms with E-state index in [4.69, 9.17) is 9.73 Å². The minimum absolute atomic E-state index is 0. The molecular weight excluding hydrogens is 473 g/mol. The normalized spacial score (nSPS) is 25.5. The number of aliphatic hydroxyl groups is 1. The lowest BCUT2D eigenvalue weighted by atomic mass is 10.1. The summed E-state index contributed by atoms with van der Waals surface area (Å²) in [4.78, 5) is 7.05. The molecule has 2 unspecified atom stereocenters. The molecule has 0 saturated carbocycles. The molecule has 5 nitrogen and oxygen atoms in total. The van der Waals surface area contributed by atoms with Gasteiger partial charge >= 0.3 is 0 Å². The molecule has 1 aromatic carbocycles. The van der Waals surface area contributed by atoms with Crippen molar-refractivity contribution in [2.24, 2.45) is 10.9 Å². The molecule has 152 valence electrons. The first-order valence-corrected chi connectivity index (χ1v) is 10.8. The number of hydrogen-bond donors (Lipinski definition) is 2. The van der Waals surface area contributed by atoms with Crippen LogP contribution in [0.4, 0.5) is 0 Å². The first kappa shape index (κ1) is 22.8. The Morgan fingerprint density at radius 1 is 1.41 bits per heavy atom. The molecule has 2 aliphatic rings. The van der Waals surface area contributed by atoms with Crippen molar-refractivity contribution in [2.75, 3.05) is 44.3 Å². The van der Waals surface area contributed by atoms with Crippen LogP contribution in [0.2, 0.25) is 0 Å². The molecule has 0 aromatic heterocycles. The van der Waals surface area contributed by atoms with E-state index in [0.717, 1.165) is 56.5 Å². The van der Waals surface area contributed by atoms with Crippen molar-refractivity contribution in [3.8, 4) is 0 Å². The summed E-state index contributed by atoms with van der Waals surface area (Å²) >= 11 is 1.82. The molecule has 0 radical (unpaired) electrons. The quantitative estimate of drug-likeness (QED) is 0.339. The lowest BCUT2D eigenvalue weighted by Crippen LogP contribution is -2.42. The molecule has 0 bridgehead atoms. The van der Waals surface area contributed by atoms with Crippen molar-refractivity contribution in [3.63, 3.8) is 0 Å². The van der Waals surface area contributed by atoms with Gasteiger partial charge in [-0.25, -0.2) is 0 Å². The van der Waals surface area contributed by atoms with Crippen LogP contribution in [0.5, 0.6) is 0 Å². The number of rotatable bonds is 7. The van der Waals surface area contributed by atoms with Gasteiger partial charge in [0, 0.05) is 31.3 Å². The minimum atomic E-state index is -0.622. The van der Waals surface area contributed by atoms with Crippen LogP contribution in [0.25, 0.3) is 0 Å². The summed E-state index contributed by atoms with van der Waals surface area (Å²) in [6, 6.07) is 10.3. The molecule has 0 spiro atoms. The van der Waals surface area contributed by atoms with Gasteiger partial charge in [-0.1, -0.05) is 30.3 Å². The molecule has 7 heteroatoms. The zero-order chi connectivity index (χ0) is 18.2. The average Bonchev–Trinajstić information content (AvgIpc) is 3.29. The van der Waals surface area contributed by atoms with Gasteiger partial charge in [0.15, 0.2) is 5.96 Å². The Balaban J connectivity index is 0.00000261. The Bertz CT molecular complexity index is 582. The molecule has 0 amide bonds. The van der Waals surface area contributed by atoms with Crippen LogP contribution in [0, 0.1) is 5.92 Å². The number of thioether (sulfide) groups is 1. The number of nitrogens with zero attached hydrogens (tertiary/aromatic N) is 2. The number of guanidine groups is 1. The molecule has 27 heavy (non-hydrogen) atoms. The summed E-state index contributed by atoms with van der Waals surface area (Å²) in [5.41, 5.74) is 0.600. The van der Waals surface area contributed by atoms with Crippen molar-refractivity contribution >= 4 is 41.7 Å². The maximum Gasteiger partial charge on any atom is 0.194 e. The van der Waals surface area contributed by atoms with Crippen molar-refractivity contribution in [2.45, 2.75) is 32.0 Å². The topological polar surface area (TPSA) is 57.1 Å². The van der Waals surface area contributed by atoms with E-state index in [2.05, 4.69) is 29.3 Å². The van der Waals surface area contributed by atoms with Crippen molar-refractivity contribution in [1.82, 2.24) is 10.2 Å². The summed E-state index contributed by atoms with van der Waals surface area (Å²) in [5, 5.41) is 13.9. The van der Waals surface area contributed by atoms with Gasteiger partial charge < -0.3 is 20.1 Å². The van der Waals surface area contributed by atoms with Crippen LogP contribution < -0.4 is 5.32 Å². The summed E-state index contributed by atoms with van der Waals surface area (Å²) in [6.07, 6.45) is 1.97. The second-order valence-corrected chi connectivity index (χ2v) is 8.40. The fourth-order valence-corrected chi connectivity index (χ4v) is 4.73. The Morgan fingerprint density at radius 2 is 2.22 bits per heavy atom. The third kappa shape index (κ3) is 7.11. The molecule has 2 saturated heterocycles. The second kappa shape index (κ2) is 11.5. The van der Waals surface area contributed by atoms with Crippen molar-refractivity contribution in [1.29, 1.82) is 0 Å². The van der Waals surface area contributed by atoms with Gasteiger partial charge in [0.05, 0.1) is 25.4 Å². The van der Waals surface area contributed by atoms with E-state index in [9.17, 15) is 5.11 Å². The van der Waals surface area contributed by atoms with E-state index in [1.165, 1.54) is 5.56 Å². The van der Waals surface area contributed by atoms with Crippen molar-refractivity contribution < 1.29 is 9.84 Å². The number of nitrogens with one attached hydrogen (secondary N) is 1. The Morgan fingerprint density at radius 3 is 2.93 bits per heavy atom. The van der Waals surface area contributed by atoms with Gasteiger partial charge in [-0.05, 0) is 31.1 Å². The average molecular weight is 505 g/mol. The van der Waals surface area contributed by atoms with E-state index in [1.807, 2.05) is 30.0 Å². The van der Waals surface area contributed by atoms with E-state index >= 15 is 0 Å². The maximum atomic E-state index is 10.5. The SMILES string of the molecule is CCNC(=NCC1(O)CCSC1)N1CCC(COCc2ccccc2)C1.I. The van der Waals surface area contributed by atoms with Crippen LogP contribution >= 0.6 is 35.7 Å². The predicted molar refractivity (Wildman–Crippen MR) is 124 cm³/mol. The maximum absolute atomic E-state index is 10.5. The fourth-order valence-electron chi connectivity index (χ4n) is 3.45. The number of benzene rings is 1. The van der Waals surface area contributed by atoms with E-state index in [0.29, 0.717) is 19.1 Å². The monoisotopic (exact) mass is 505 g/mol. The lowest BCUT2D eigenvalue weighted by Gasteiger charge is -2.24. The fraction of sp³-hybridized carbons (Fsp3) is 0.650. The lowest BCUT2D eigenvalue weighted by molar-refractivity contribution is 0.0774. The summed E-state index contributed by atoms with van der Waals surface area (Å²) < 4.78 is 5.92. The highest BCUT2D eigenvalue weighted by atomic mass is 127. The number of hydrogen-bond acceptors (Lipinski definition) is 4. The Hall–Kier alpha value is -0.510.